The van der Waals surface area contributed by atoms with Crippen LogP contribution in [0.2, 0.25) is 0 Å². The summed E-state index contributed by atoms with van der Waals surface area (Å²) in [5, 5.41) is 8.74. The zero-order chi connectivity index (χ0) is 12.1. The summed E-state index contributed by atoms with van der Waals surface area (Å²) >= 11 is 0. The van der Waals surface area contributed by atoms with Crippen molar-refractivity contribution in [2.75, 3.05) is 19.7 Å². The Hall–Kier alpha value is -1.89. The molecule has 7 heteroatoms. The molecule has 0 unspecified atom stereocenters. The molecule has 1 aromatic rings. The predicted molar refractivity (Wildman–Crippen MR) is 56.3 cm³/mol. The largest absolute Gasteiger partial charge is 0.395 e. The molecule has 88 valence electrons. The summed E-state index contributed by atoms with van der Waals surface area (Å²) < 4.78 is 0. The van der Waals surface area contributed by atoms with Crippen molar-refractivity contribution < 1.29 is 9.90 Å². The highest BCUT2D eigenvalue weighted by Gasteiger charge is 2.16. The van der Waals surface area contributed by atoms with Gasteiger partial charge in [-0.2, -0.15) is 0 Å². The minimum absolute atomic E-state index is 0.144. The van der Waals surface area contributed by atoms with Gasteiger partial charge in [-0.15, -0.1) is 0 Å². The fourth-order valence-corrected chi connectivity index (χ4v) is 1.26. The van der Waals surface area contributed by atoms with E-state index < -0.39 is 17.2 Å². The van der Waals surface area contributed by atoms with Crippen LogP contribution in [0.25, 0.3) is 0 Å². The third-order valence-corrected chi connectivity index (χ3v) is 2.09. The van der Waals surface area contributed by atoms with Crippen LogP contribution in [0, 0.1) is 0 Å². The maximum atomic E-state index is 11.8. The maximum Gasteiger partial charge on any atom is 0.325 e. The van der Waals surface area contributed by atoms with Crippen LogP contribution in [0.1, 0.15) is 17.3 Å². The van der Waals surface area contributed by atoms with Crippen molar-refractivity contribution >= 4 is 5.91 Å². The smallest absolute Gasteiger partial charge is 0.325 e. The van der Waals surface area contributed by atoms with Gasteiger partial charge < -0.3 is 15.0 Å². The van der Waals surface area contributed by atoms with E-state index in [0.29, 0.717) is 6.54 Å². The minimum atomic E-state index is -0.731. The molecule has 0 radical (unpaired) electrons. The number of aromatic nitrogens is 2. The van der Waals surface area contributed by atoms with Crippen molar-refractivity contribution in [3.05, 3.63) is 32.6 Å². The number of H-pyrrole nitrogens is 2. The molecule has 0 saturated heterocycles. The van der Waals surface area contributed by atoms with Crippen molar-refractivity contribution in [2.24, 2.45) is 0 Å². The molecule has 0 aromatic carbocycles. The fourth-order valence-electron chi connectivity index (χ4n) is 1.26. The van der Waals surface area contributed by atoms with E-state index in [1.807, 2.05) is 4.98 Å². The van der Waals surface area contributed by atoms with E-state index in [-0.39, 0.29) is 18.7 Å². The highest BCUT2D eigenvalue weighted by atomic mass is 16.3. The van der Waals surface area contributed by atoms with Gasteiger partial charge in [-0.25, -0.2) is 4.79 Å². The number of carbonyl (C=O) groups is 1. The first-order chi connectivity index (χ1) is 7.60. The van der Waals surface area contributed by atoms with E-state index >= 15 is 0 Å². The summed E-state index contributed by atoms with van der Waals surface area (Å²) in [7, 11) is 0. The standard InChI is InChI=1S/C9H13N3O4/c1-2-12(3-4-13)8(15)6-5-10-9(16)11-7(6)14/h5,13H,2-4H2,1H3,(H2,10,11,14,16). The molecule has 0 bridgehead atoms. The number of amides is 1. The van der Waals surface area contributed by atoms with E-state index in [4.69, 9.17) is 5.11 Å². The van der Waals surface area contributed by atoms with E-state index in [9.17, 15) is 14.4 Å². The highest BCUT2D eigenvalue weighted by molar-refractivity contribution is 5.93. The molecule has 1 rings (SSSR count). The quantitative estimate of drug-likeness (QED) is 0.583. The first-order valence-electron chi connectivity index (χ1n) is 4.82. The molecule has 0 atom stereocenters. The molecule has 1 aromatic heterocycles. The van der Waals surface area contributed by atoms with E-state index in [1.54, 1.807) is 6.92 Å². The van der Waals surface area contributed by atoms with Crippen LogP contribution < -0.4 is 11.2 Å². The zero-order valence-electron chi connectivity index (χ0n) is 8.82. The maximum absolute atomic E-state index is 11.8. The number of hydrogen-bond donors (Lipinski definition) is 3. The second-order valence-corrected chi connectivity index (χ2v) is 3.09. The Labute approximate surface area is 90.7 Å². The number of nitrogens with one attached hydrogen (secondary N) is 2. The number of carbonyl (C=O) groups excluding carboxylic acids is 1. The van der Waals surface area contributed by atoms with Crippen LogP contribution in [-0.2, 0) is 0 Å². The van der Waals surface area contributed by atoms with Gasteiger partial charge in [-0.1, -0.05) is 0 Å². The number of rotatable bonds is 4. The molecule has 0 spiro atoms. The molecule has 1 heterocycles. The summed E-state index contributed by atoms with van der Waals surface area (Å²) in [6, 6.07) is 0. The normalized spacial score (nSPS) is 10.1. The Balaban J connectivity index is 3.04. The minimum Gasteiger partial charge on any atom is -0.395 e. The summed E-state index contributed by atoms with van der Waals surface area (Å²) in [6.45, 7) is 2.07. The molecule has 0 aliphatic rings. The van der Waals surface area contributed by atoms with Crippen LogP contribution in [0.5, 0.6) is 0 Å². The molecular formula is C9H13N3O4. The van der Waals surface area contributed by atoms with Crippen molar-refractivity contribution in [3.8, 4) is 0 Å². The Bertz CT molecular complexity index is 476. The Morgan fingerprint density at radius 3 is 2.69 bits per heavy atom. The molecule has 0 saturated carbocycles. The van der Waals surface area contributed by atoms with Gasteiger partial charge in [0.15, 0.2) is 0 Å². The SMILES string of the molecule is CCN(CCO)C(=O)c1c[nH]c(=O)[nH]c1=O. The molecule has 7 nitrogen and oxygen atoms in total. The first kappa shape index (κ1) is 12.2. The topological polar surface area (TPSA) is 106 Å². The van der Waals surface area contributed by atoms with E-state index in [2.05, 4.69) is 4.98 Å². The average molecular weight is 227 g/mol. The van der Waals surface area contributed by atoms with E-state index in [0.717, 1.165) is 6.20 Å². The van der Waals surface area contributed by atoms with Crippen molar-refractivity contribution in [2.45, 2.75) is 6.92 Å². The van der Waals surface area contributed by atoms with Gasteiger partial charge >= 0.3 is 5.69 Å². The Morgan fingerprint density at radius 1 is 1.50 bits per heavy atom. The van der Waals surface area contributed by atoms with Gasteiger partial charge in [0.25, 0.3) is 11.5 Å². The van der Waals surface area contributed by atoms with E-state index in [1.165, 1.54) is 4.90 Å². The Morgan fingerprint density at radius 2 is 2.19 bits per heavy atom. The number of likely N-dealkylation sites (N-methyl/N-ethyl adjacent to an activating group) is 1. The number of aliphatic hydroxyl groups excluding tert-OH is 1. The van der Waals surface area contributed by atoms with Crippen LogP contribution in [0.15, 0.2) is 15.8 Å². The molecule has 0 aliphatic heterocycles. The van der Waals surface area contributed by atoms with Gasteiger partial charge in [-0.3, -0.25) is 14.6 Å². The molecule has 16 heavy (non-hydrogen) atoms. The first-order valence-corrected chi connectivity index (χ1v) is 4.82. The van der Waals surface area contributed by atoms with Crippen LogP contribution in [-0.4, -0.2) is 45.6 Å². The molecule has 0 fully saturated rings. The molecule has 3 N–H and O–H groups in total. The number of aliphatic hydroxyl groups is 1. The summed E-state index contributed by atoms with van der Waals surface area (Å²) in [5.41, 5.74) is -1.54. The summed E-state index contributed by atoms with van der Waals surface area (Å²) in [4.78, 5) is 39.3. The zero-order valence-corrected chi connectivity index (χ0v) is 8.82. The lowest BCUT2D eigenvalue weighted by atomic mass is 10.3. The number of aromatic amines is 2. The van der Waals surface area contributed by atoms with Crippen LogP contribution in [0.4, 0.5) is 0 Å². The third kappa shape index (κ3) is 2.57. The monoisotopic (exact) mass is 227 g/mol. The second-order valence-electron chi connectivity index (χ2n) is 3.09. The lowest BCUT2D eigenvalue weighted by Gasteiger charge is -2.18. The van der Waals surface area contributed by atoms with Gasteiger partial charge in [0.2, 0.25) is 0 Å². The fraction of sp³-hybridized carbons (Fsp3) is 0.444. The lowest BCUT2D eigenvalue weighted by molar-refractivity contribution is 0.0729. The van der Waals surface area contributed by atoms with Crippen LogP contribution in [0.3, 0.4) is 0 Å². The molecule has 0 aliphatic carbocycles. The highest BCUT2D eigenvalue weighted by Crippen LogP contribution is 1.96. The van der Waals surface area contributed by atoms with Crippen molar-refractivity contribution in [1.82, 2.24) is 14.9 Å². The van der Waals surface area contributed by atoms with Crippen molar-refractivity contribution in [1.29, 1.82) is 0 Å². The van der Waals surface area contributed by atoms with Gasteiger partial charge in [0.1, 0.15) is 5.56 Å². The van der Waals surface area contributed by atoms with Gasteiger partial charge in [0.05, 0.1) is 6.61 Å². The third-order valence-electron chi connectivity index (χ3n) is 2.09. The second kappa shape index (κ2) is 5.26. The summed E-state index contributed by atoms with van der Waals surface area (Å²) in [5.74, 6) is -0.519. The molecular weight excluding hydrogens is 214 g/mol. The number of hydrogen-bond acceptors (Lipinski definition) is 4. The van der Waals surface area contributed by atoms with Gasteiger partial charge in [-0.05, 0) is 6.92 Å². The predicted octanol–water partition coefficient (Wildman–Crippen LogP) is -1.48. The Kier molecular flexibility index (Phi) is 4.01. The van der Waals surface area contributed by atoms with Crippen LogP contribution >= 0.6 is 0 Å². The van der Waals surface area contributed by atoms with Crippen molar-refractivity contribution in [3.63, 3.8) is 0 Å². The molecule has 1 amide bonds. The average Bonchev–Trinajstić information content (AvgIpc) is 2.25. The van der Waals surface area contributed by atoms with Gasteiger partial charge in [0, 0.05) is 19.3 Å². The number of nitrogens with zero attached hydrogens (tertiary/aromatic N) is 1. The summed E-state index contributed by atoms with van der Waals surface area (Å²) in [6.07, 6.45) is 1.07. The lowest BCUT2D eigenvalue weighted by Crippen LogP contribution is -2.38.